The number of hydrogen-bond donors (Lipinski definition) is 3. The normalized spacial score (nSPS) is 15.0. The highest BCUT2D eigenvalue weighted by molar-refractivity contribution is 7.71. The second-order valence-corrected chi connectivity index (χ2v) is 6.67. The number of aromatic amines is 3. The standard InChI is InChI=1S/C16H15ClN4OS/c17-10-1-2-13-12(5-10)9(6-18-13)7-21-4-3-11-14(8-21)19-16(23)20-15(11)22/h1-2,5-6,18H,3-4,7-8H2,(H2,19,20,22,23). The quantitative estimate of drug-likeness (QED) is 0.624. The summed E-state index contributed by atoms with van der Waals surface area (Å²) in [5, 5.41) is 1.88. The van der Waals surface area contributed by atoms with Gasteiger partial charge in [-0.05, 0) is 42.4 Å². The van der Waals surface area contributed by atoms with Crippen LogP contribution in [-0.2, 0) is 19.5 Å². The van der Waals surface area contributed by atoms with E-state index in [1.54, 1.807) is 0 Å². The Labute approximate surface area is 142 Å². The average molecular weight is 347 g/mol. The van der Waals surface area contributed by atoms with Crippen LogP contribution < -0.4 is 5.56 Å². The largest absolute Gasteiger partial charge is 0.361 e. The number of hydrogen-bond acceptors (Lipinski definition) is 3. The van der Waals surface area contributed by atoms with Crippen LogP contribution in [0.25, 0.3) is 10.9 Å². The van der Waals surface area contributed by atoms with Crippen LogP contribution in [0.3, 0.4) is 0 Å². The van der Waals surface area contributed by atoms with Crippen molar-refractivity contribution in [1.82, 2.24) is 19.9 Å². The zero-order valence-electron chi connectivity index (χ0n) is 12.3. The molecule has 5 nitrogen and oxygen atoms in total. The number of H-pyrrole nitrogens is 3. The van der Waals surface area contributed by atoms with E-state index in [9.17, 15) is 4.79 Å². The van der Waals surface area contributed by atoms with Gasteiger partial charge < -0.3 is 9.97 Å². The van der Waals surface area contributed by atoms with Crippen molar-refractivity contribution in [2.24, 2.45) is 0 Å². The summed E-state index contributed by atoms with van der Waals surface area (Å²) in [6, 6.07) is 5.86. The third kappa shape index (κ3) is 2.73. The first-order chi connectivity index (χ1) is 11.1. The highest BCUT2D eigenvalue weighted by atomic mass is 35.5. The minimum Gasteiger partial charge on any atom is -0.361 e. The molecule has 0 atom stereocenters. The molecule has 23 heavy (non-hydrogen) atoms. The summed E-state index contributed by atoms with van der Waals surface area (Å²) < 4.78 is 0.384. The molecule has 1 aliphatic rings. The van der Waals surface area contributed by atoms with E-state index in [0.29, 0.717) is 11.3 Å². The van der Waals surface area contributed by atoms with Gasteiger partial charge in [0, 0.05) is 53.0 Å². The van der Waals surface area contributed by atoms with Crippen molar-refractivity contribution < 1.29 is 0 Å². The maximum absolute atomic E-state index is 11.9. The van der Waals surface area contributed by atoms with Gasteiger partial charge in [-0.3, -0.25) is 14.7 Å². The second kappa shape index (κ2) is 5.63. The van der Waals surface area contributed by atoms with Gasteiger partial charge in [-0.2, -0.15) is 0 Å². The van der Waals surface area contributed by atoms with Gasteiger partial charge in [0.15, 0.2) is 4.77 Å². The lowest BCUT2D eigenvalue weighted by atomic mass is 10.1. The van der Waals surface area contributed by atoms with Crippen molar-refractivity contribution in [1.29, 1.82) is 0 Å². The molecule has 0 spiro atoms. The SMILES string of the molecule is O=c1[nH]c(=S)[nH]c2c1CCN(Cc1c[nH]c3ccc(Cl)cc13)C2. The molecule has 7 heteroatoms. The van der Waals surface area contributed by atoms with Crippen molar-refractivity contribution in [2.75, 3.05) is 6.54 Å². The second-order valence-electron chi connectivity index (χ2n) is 5.83. The Balaban J connectivity index is 1.63. The zero-order chi connectivity index (χ0) is 16.0. The number of benzene rings is 1. The molecule has 3 aromatic rings. The maximum Gasteiger partial charge on any atom is 0.255 e. The lowest BCUT2D eigenvalue weighted by Gasteiger charge is -2.27. The molecule has 1 aromatic carbocycles. The first kappa shape index (κ1) is 14.7. The molecule has 0 saturated heterocycles. The number of aromatic nitrogens is 3. The summed E-state index contributed by atoms with van der Waals surface area (Å²) in [6.45, 7) is 2.33. The van der Waals surface area contributed by atoms with Crippen LogP contribution >= 0.6 is 23.8 Å². The summed E-state index contributed by atoms with van der Waals surface area (Å²) in [5.74, 6) is 0. The molecule has 0 aliphatic carbocycles. The Kier molecular flexibility index (Phi) is 3.60. The fraction of sp³-hybridized carbons (Fsp3) is 0.250. The minimum atomic E-state index is -0.0673. The molecule has 0 fully saturated rings. The topological polar surface area (TPSA) is 67.7 Å². The van der Waals surface area contributed by atoms with Gasteiger partial charge in [0.1, 0.15) is 0 Å². The highest BCUT2D eigenvalue weighted by Gasteiger charge is 2.20. The van der Waals surface area contributed by atoms with Gasteiger partial charge in [0.05, 0.1) is 0 Å². The van der Waals surface area contributed by atoms with E-state index in [1.165, 1.54) is 5.56 Å². The van der Waals surface area contributed by atoms with Gasteiger partial charge in [-0.25, -0.2) is 0 Å². The maximum atomic E-state index is 11.9. The molecule has 0 unspecified atom stereocenters. The van der Waals surface area contributed by atoms with Gasteiger partial charge in [0.2, 0.25) is 0 Å². The Hall–Kier alpha value is -1.89. The average Bonchev–Trinajstić information content (AvgIpc) is 2.89. The summed E-state index contributed by atoms with van der Waals surface area (Å²) in [4.78, 5) is 23.3. The predicted octanol–water partition coefficient (Wildman–Crippen LogP) is 3.13. The Morgan fingerprint density at radius 1 is 1.30 bits per heavy atom. The molecule has 118 valence electrons. The van der Waals surface area contributed by atoms with Crippen LogP contribution in [0, 0.1) is 4.77 Å². The third-order valence-corrected chi connectivity index (χ3v) is 4.75. The first-order valence-corrected chi connectivity index (χ1v) is 8.21. The van der Waals surface area contributed by atoms with Crippen LogP contribution in [-0.4, -0.2) is 26.4 Å². The van der Waals surface area contributed by atoms with Crippen LogP contribution in [0.15, 0.2) is 29.2 Å². The van der Waals surface area contributed by atoms with Crippen molar-refractivity contribution in [2.45, 2.75) is 19.5 Å². The van der Waals surface area contributed by atoms with Crippen LogP contribution in [0.1, 0.15) is 16.8 Å². The van der Waals surface area contributed by atoms with Gasteiger partial charge >= 0.3 is 0 Å². The third-order valence-electron chi connectivity index (χ3n) is 4.31. The zero-order valence-corrected chi connectivity index (χ0v) is 13.9. The van der Waals surface area contributed by atoms with E-state index in [4.69, 9.17) is 23.8 Å². The van der Waals surface area contributed by atoms with Crippen LogP contribution in [0.4, 0.5) is 0 Å². The molecule has 4 rings (SSSR count). The molecule has 0 amide bonds. The summed E-state index contributed by atoms with van der Waals surface area (Å²) in [5.41, 5.74) is 3.95. The van der Waals surface area contributed by atoms with Crippen LogP contribution in [0.5, 0.6) is 0 Å². The number of rotatable bonds is 2. The molecular formula is C16H15ClN4OS. The Bertz CT molecular complexity index is 1000. The number of fused-ring (bicyclic) bond motifs is 2. The Morgan fingerprint density at radius 3 is 3.04 bits per heavy atom. The van der Waals surface area contributed by atoms with E-state index in [2.05, 4.69) is 19.9 Å². The summed E-state index contributed by atoms with van der Waals surface area (Å²) in [6.07, 6.45) is 2.75. The van der Waals surface area contributed by atoms with E-state index in [1.807, 2.05) is 24.4 Å². The van der Waals surface area contributed by atoms with E-state index >= 15 is 0 Å². The molecular weight excluding hydrogens is 332 g/mol. The van der Waals surface area contributed by atoms with Crippen LogP contribution in [0.2, 0.25) is 5.02 Å². The number of nitrogens with zero attached hydrogens (tertiary/aromatic N) is 1. The smallest absolute Gasteiger partial charge is 0.255 e. The van der Waals surface area contributed by atoms with Crippen molar-refractivity contribution in [3.05, 3.63) is 61.4 Å². The van der Waals surface area contributed by atoms with E-state index in [-0.39, 0.29) is 5.56 Å². The molecule has 2 aromatic heterocycles. The predicted molar refractivity (Wildman–Crippen MR) is 93.4 cm³/mol. The van der Waals surface area contributed by atoms with E-state index < -0.39 is 0 Å². The van der Waals surface area contributed by atoms with Crippen molar-refractivity contribution in [3.8, 4) is 0 Å². The monoisotopic (exact) mass is 346 g/mol. The molecule has 0 bridgehead atoms. The number of nitrogens with one attached hydrogen (secondary N) is 3. The van der Waals surface area contributed by atoms with Gasteiger partial charge in [0.25, 0.3) is 5.56 Å². The molecule has 3 heterocycles. The molecule has 1 aliphatic heterocycles. The number of halogens is 1. The highest BCUT2D eigenvalue weighted by Crippen LogP contribution is 2.25. The van der Waals surface area contributed by atoms with Gasteiger partial charge in [-0.1, -0.05) is 11.6 Å². The van der Waals surface area contributed by atoms with Gasteiger partial charge in [-0.15, -0.1) is 0 Å². The lowest BCUT2D eigenvalue weighted by Crippen LogP contribution is -2.34. The van der Waals surface area contributed by atoms with Crippen molar-refractivity contribution >= 4 is 34.7 Å². The summed E-state index contributed by atoms with van der Waals surface area (Å²) in [7, 11) is 0. The van der Waals surface area contributed by atoms with Crippen molar-refractivity contribution in [3.63, 3.8) is 0 Å². The Morgan fingerprint density at radius 2 is 2.17 bits per heavy atom. The summed E-state index contributed by atoms with van der Waals surface area (Å²) >= 11 is 11.2. The molecule has 3 N–H and O–H groups in total. The first-order valence-electron chi connectivity index (χ1n) is 7.42. The van der Waals surface area contributed by atoms with E-state index in [0.717, 1.165) is 46.7 Å². The molecule has 0 radical (unpaired) electrons. The minimum absolute atomic E-state index is 0.0673. The molecule has 0 saturated carbocycles. The fourth-order valence-corrected chi connectivity index (χ4v) is 3.58. The lowest BCUT2D eigenvalue weighted by molar-refractivity contribution is 0.241. The fourth-order valence-electron chi connectivity index (χ4n) is 3.19.